The van der Waals surface area contributed by atoms with Crippen LogP contribution in [-0.4, -0.2) is 66.8 Å². The van der Waals surface area contributed by atoms with Gasteiger partial charge in [-0.15, -0.1) is 0 Å². The molecule has 0 spiro atoms. The van der Waals surface area contributed by atoms with Crippen molar-refractivity contribution in [3.63, 3.8) is 0 Å². The molecule has 2 aliphatic heterocycles. The largest absolute Gasteiger partial charge is 0.343 e. The van der Waals surface area contributed by atoms with Crippen molar-refractivity contribution in [1.82, 2.24) is 20.9 Å². The fraction of sp³-hybridized carbons (Fsp3) is 0.700. The molecule has 2 amide bonds. The standard InChI is InChI=1S/C30H45FN4O3/c1-20(2)26-18-32-19-27(33-26)28(37)34-25(17-22-9-11-24(31)12-10-22)29(38)35-15-13-30(14-16-35,21(3)36)23-7-5-4-6-8-23/h9-12,20,23,25-27,32-33H,4-8,13-19H2,1-3H3,(H,34,37)/t25-,26?,27+/m1/s1. The maximum Gasteiger partial charge on any atom is 0.245 e. The van der Waals surface area contributed by atoms with E-state index in [0.29, 0.717) is 44.3 Å². The van der Waals surface area contributed by atoms with Crippen molar-refractivity contribution in [3.05, 3.63) is 35.6 Å². The lowest BCUT2D eigenvalue weighted by atomic mass is 9.62. The lowest BCUT2D eigenvalue weighted by Crippen LogP contribution is -2.64. The molecule has 3 fully saturated rings. The fourth-order valence-electron chi connectivity index (χ4n) is 6.73. The second-order valence-electron chi connectivity index (χ2n) is 12.0. The second-order valence-corrected chi connectivity index (χ2v) is 12.0. The molecule has 2 saturated heterocycles. The smallest absolute Gasteiger partial charge is 0.245 e. The van der Waals surface area contributed by atoms with Crippen LogP contribution in [0.25, 0.3) is 0 Å². The van der Waals surface area contributed by atoms with Crippen molar-refractivity contribution in [1.29, 1.82) is 0 Å². The number of piperazine rings is 1. The molecule has 3 atom stereocenters. The number of nitrogens with one attached hydrogen (secondary N) is 3. The number of nitrogens with zero attached hydrogens (tertiary/aromatic N) is 1. The highest BCUT2D eigenvalue weighted by molar-refractivity contribution is 5.90. The van der Waals surface area contributed by atoms with E-state index >= 15 is 0 Å². The SMILES string of the molecule is CC(=O)C1(C2CCCCC2)CCN(C(=O)[C@@H](Cc2ccc(F)cc2)NC(=O)[C@@H]2CNCC(C(C)C)N2)CC1. The summed E-state index contributed by atoms with van der Waals surface area (Å²) in [4.78, 5) is 41.9. The number of likely N-dealkylation sites (tertiary alicyclic amines) is 1. The third kappa shape index (κ3) is 6.63. The number of hydrogen-bond donors (Lipinski definition) is 3. The van der Waals surface area contributed by atoms with Gasteiger partial charge in [-0.1, -0.05) is 45.2 Å². The molecule has 0 radical (unpaired) electrons. The molecule has 1 unspecified atom stereocenters. The molecule has 1 aliphatic carbocycles. The maximum atomic E-state index is 13.8. The minimum Gasteiger partial charge on any atom is -0.343 e. The number of rotatable bonds is 8. The van der Waals surface area contributed by atoms with Crippen molar-refractivity contribution < 1.29 is 18.8 Å². The first-order chi connectivity index (χ1) is 18.2. The van der Waals surface area contributed by atoms with Crippen LogP contribution in [0.4, 0.5) is 4.39 Å². The topological polar surface area (TPSA) is 90.5 Å². The predicted octanol–water partition coefficient (Wildman–Crippen LogP) is 3.22. The van der Waals surface area contributed by atoms with Crippen LogP contribution in [0, 0.1) is 23.1 Å². The van der Waals surface area contributed by atoms with E-state index in [-0.39, 0.29) is 41.3 Å². The van der Waals surface area contributed by atoms with Gasteiger partial charge in [0.05, 0.1) is 6.04 Å². The van der Waals surface area contributed by atoms with Crippen LogP contribution in [0.15, 0.2) is 24.3 Å². The number of carbonyl (C=O) groups is 3. The zero-order valence-electron chi connectivity index (χ0n) is 23.2. The highest BCUT2D eigenvalue weighted by Crippen LogP contribution is 2.46. The van der Waals surface area contributed by atoms with Gasteiger partial charge >= 0.3 is 0 Å². The molecule has 3 N–H and O–H groups in total. The normalized spacial score (nSPS) is 25.1. The van der Waals surface area contributed by atoms with Gasteiger partial charge in [0.2, 0.25) is 11.8 Å². The highest BCUT2D eigenvalue weighted by Gasteiger charge is 2.46. The van der Waals surface area contributed by atoms with E-state index in [1.165, 1.54) is 31.4 Å². The van der Waals surface area contributed by atoms with E-state index in [2.05, 4.69) is 29.8 Å². The monoisotopic (exact) mass is 528 g/mol. The van der Waals surface area contributed by atoms with Crippen LogP contribution in [0.2, 0.25) is 0 Å². The summed E-state index contributed by atoms with van der Waals surface area (Å²) < 4.78 is 13.5. The summed E-state index contributed by atoms with van der Waals surface area (Å²) >= 11 is 0. The lowest BCUT2D eigenvalue weighted by Gasteiger charge is -2.47. The molecule has 38 heavy (non-hydrogen) atoms. The summed E-state index contributed by atoms with van der Waals surface area (Å²) in [6.45, 7) is 8.29. The zero-order chi connectivity index (χ0) is 27.3. The third-order valence-electron chi connectivity index (χ3n) is 9.27. The molecule has 7 nitrogen and oxygen atoms in total. The van der Waals surface area contributed by atoms with Crippen molar-refractivity contribution in [3.8, 4) is 0 Å². The van der Waals surface area contributed by atoms with Gasteiger partial charge in [-0.3, -0.25) is 14.4 Å². The van der Waals surface area contributed by atoms with E-state index < -0.39 is 12.1 Å². The van der Waals surface area contributed by atoms with Gasteiger partial charge in [0.1, 0.15) is 17.6 Å². The highest BCUT2D eigenvalue weighted by atomic mass is 19.1. The summed E-state index contributed by atoms with van der Waals surface area (Å²) in [5.41, 5.74) is 0.452. The molecule has 0 aromatic heterocycles. The van der Waals surface area contributed by atoms with Gasteiger partial charge in [0, 0.05) is 44.1 Å². The van der Waals surface area contributed by atoms with Gasteiger partial charge in [-0.05, 0) is 62.1 Å². The Balaban J connectivity index is 1.47. The Morgan fingerprint density at radius 2 is 1.71 bits per heavy atom. The van der Waals surface area contributed by atoms with Crippen LogP contribution in [0.3, 0.4) is 0 Å². The Morgan fingerprint density at radius 3 is 2.32 bits per heavy atom. The van der Waals surface area contributed by atoms with E-state index in [1.54, 1.807) is 19.1 Å². The number of ketones is 1. The number of Topliss-reactive ketones (excluding diaryl/α,β-unsaturated/α-hetero) is 1. The summed E-state index contributed by atoms with van der Waals surface area (Å²) in [5.74, 6) is 0.349. The predicted molar refractivity (Wildman–Crippen MR) is 146 cm³/mol. The second kappa shape index (κ2) is 12.7. The van der Waals surface area contributed by atoms with Gasteiger partial charge in [0.25, 0.3) is 0 Å². The van der Waals surface area contributed by atoms with E-state index in [0.717, 1.165) is 24.9 Å². The fourth-order valence-corrected chi connectivity index (χ4v) is 6.73. The molecule has 8 heteroatoms. The molecule has 0 bridgehead atoms. The number of halogens is 1. The zero-order valence-corrected chi connectivity index (χ0v) is 23.2. The Hall–Kier alpha value is -2.32. The van der Waals surface area contributed by atoms with E-state index in [9.17, 15) is 18.8 Å². The summed E-state index contributed by atoms with van der Waals surface area (Å²) in [7, 11) is 0. The van der Waals surface area contributed by atoms with Crippen LogP contribution >= 0.6 is 0 Å². The molecular weight excluding hydrogens is 483 g/mol. The number of carbonyl (C=O) groups excluding carboxylic acids is 3. The van der Waals surface area contributed by atoms with E-state index in [4.69, 9.17) is 0 Å². The van der Waals surface area contributed by atoms with Crippen molar-refractivity contribution in [2.75, 3.05) is 26.2 Å². The first-order valence-corrected chi connectivity index (χ1v) is 14.5. The lowest BCUT2D eigenvalue weighted by molar-refractivity contribution is -0.144. The quantitative estimate of drug-likeness (QED) is 0.482. The molecular formula is C30H45FN4O3. The van der Waals surface area contributed by atoms with Crippen molar-refractivity contribution in [2.45, 2.75) is 90.3 Å². The van der Waals surface area contributed by atoms with Crippen LogP contribution in [0.1, 0.15) is 71.3 Å². The van der Waals surface area contributed by atoms with Gasteiger partial charge < -0.3 is 20.9 Å². The van der Waals surface area contributed by atoms with Crippen LogP contribution < -0.4 is 16.0 Å². The summed E-state index contributed by atoms with van der Waals surface area (Å²) in [6, 6.07) is 5.07. The Bertz CT molecular complexity index is 968. The van der Waals surface area contributed by atoms with E-state index in [1.807, 2.05) is 4.90 Å². The Labute approximate surface area is 226 Å². The molecule has 2 heterocycles. The van der Waals surface area contributed by atoms with Gasteiger partial charge in [-0.2, -0.15) is 0 Å². The first kappa shape index (κ1) is 28.7. The molecule has 210 valence electrons. The number of amides is 2. The molecule has 1 aromatic rings. The Morgan fingerprint density at radius 1 is 1.05 bits per heavy atom. The minimum atomic E-state index is -0.756. The number of piperidine rings is 1. The summed E-state index contributed by atoms with van der Waals surface area (Å²) in [6.07, 6.45) is 7.43. The molecule has 1 saturated carbocycles. The molecule has 4 rings (SSSR count). The van der Waals surface area contributed by atoms with Gasteiger partial charge in [-0.25, -0.2) is 4.39 Å². The van der Waals surface area contributed by atoms with Crippen LogP contribution in [-0.2, 0) is 20.8 Å². The number of hydrogen-bond acceptors (Lipinski definition) is 5. The average Bonchev–Trinajstić information content (AvgIpc) is 2.94. The van der Waals surface area contributed by atoms with Crippen LogP contribution in [0.5, 0.6) is 0 Å². The van der Waals surface area contributed by atoms with Crippen molar-refractivity contribution in [2.24, 2.45) is 17.3 Å². The van der Waals surface area contributed by atoms with Crippen molar-refractivity contribution >= 4 is 17.6 Å². The molecule has 3 aliphatic rings. The summed E-state index contributed by atoms with van der Waals surface area (Å²) in [5, 5.41) is 9.77. The van der Waals surface area contributed by atoms with Gasteiger partial charge in [0.15, 0.2) is 0 Å². The number of benzene rings is 1. The maximum absolute atomic E-state index is 13.8. The Kier molecular flexibility index (Phi) is 9.58. The third-order valence-corrected chi connectivity index (χ3v) is 9.27. The first-order valence-electron chi connectivity index (χ1n) is 14.5. The average molecular weight is 529 g/mol. The molecule has 1 aromatic carbocycles. The minimum absolute atomic E-state index is 0.132.